The van der Waals surface area contributed by atoms with Gasteiger partial charge in [0.1, 0.15) is 5.75 Å². The molecule has 0 radical (unpaired) electrons. The van der Waals surface area contributed by atoms with Crippen LogP contribution in [0.25, 0.3) is 0 Å². The van der Waals surface area contributed by atoms with Crippen LogP contribution in [-0.4, -0.2) is 18.1 Å². The number of rotatable bonds is 3. The predicted molar refractivity (Wildman–Crippen MR) is 83.9 cm³/mol. The van der Waals surface area contributed by atoms with Crippen LogP contribution in [0.15, 0.2) is 24.3 Å². The van der Waals surface area contributed by atoms with E-state index in [0.29, 0.717) is 10.9 Å². The molecule has 108 valence electrons. The van der Waals surface area contributed by atoms with Gasteiger partial charge in [-0.15, -0.1) is 0 Å². The normalized spacial score (nSPS) is 15.4. The maximum absolute atomic E-state index is 12.1. The molecule has 1 aliphatic rings. The van der Waals surface area contributed by atoms with Gasteiger partial charge in [-0.1, -0.05) is 31.4 Å². The van der Waals surface area contributed by atoms with Crippen molar-refractivity contribution in [2.24, 2.45) is 5.92 Å². The Kier molecular flexibility index (Phi) is 5.35. The molecule has 20 heavy (non-hydrogen) atoms. The van der Waals surface area contributed by atoms with Crippen molar-refractivity contribution in [1.29, 1.82) is 0 Å². The van der Waals surface area contributed by atoms with Crippen molar-refractivity contribution in [3.63, 3.8) is 0 Å². The number of benzene rings is 1. The Balaban J connectivity index is 1.90. The van der Waals surface area contributed by atoms with Crippen LogP contribution in [0.5, 0.6) is 5.75 Å². The van der Waals surface area contributed by atoms with Crippen LogP contribution < -0.4 is 15.4 Å². The number of thiocarbonyl (C=S) groups is 1. The summed E-state index contributed by atoms with van der Waals surface area (Å²) in [5, 5.41) is 6.11. The number of methoxy groups -OCH3 is 1. The number of carbonyl (C=O) groups is 1. The number of ether oxygens (including phenoxy) is 1. The van der Waals surface area contributed by atoms with Gasteiger partial charge in [-0.2, -0.15) is 0 Å². The molecule has 1 amide bonds. The fraction of sp³-hybridized carbons (Fsp3) is 0.467. The first-order chi connectivity index (χ1) is 9.70. The molecule has 5 heteroatoms. The van der Waals surface area contributed by atoms with Crippen LogP contribution in [0.2, 0.25) is 0 Å². The number of carbonyl (C=O) groups excluding carboxylic acids is 1. The van der Waals surface area contributed by atoms with Crippen LogP contribution in [0, 0.1) is 5.92 Å². The number of hydrogen-bond donors (Lipinski definition) is 2. The topological polar surface area (TPSA) is 50.4 Å². The standard InChI is InChI=1S/C15H20N2O2S/c1-19-13-10-6-5-9-12(13)16-15(20)17-14(18)11-7-3-2-4-8-11/h5-6,9-11H,2-4,7-8H2,1H3,(H2,16,17,18,20). The number of anilines is 1. The summed E-state index contributed by atoms with van der Waals surface area (Å²) >= 11 is 5.19. The van der Waals surface area contributed by atoms with Gasteiger partial charge in [-0.25, -0.2) is 0 Å². The highest BCUT2D eigenvalue weighted by Gasteiger charge is 2.21. The Hall–Kier alpha value is -1.62. The second-order valence-corrected chi connectivity index (χ2v) is 5.39. The zero-order chi connectivity index (χ0) is 14.4. The fourth-order valence-electron chi connectivity index (χ4n) is 2.48. The fourth-order valence-corrected chi connectivity index (χ4v) is 2.69. The van der Waals surface area contributed by atoms with Gasteiger partial charge in [0.15, 0.2) is 5.11 Å². The lowest BCUT2D eigenvalue weighted by Gasteiger charge is -2.21. The molecular weight excluding hydrogens is 272 g/mol. The Labute approximate surface area is 124 Å². The van der Waals surface area contributed by atoms with Crippen LogP contribution in [-0.2, 0) is 4.79 Å². The first kappa shape index (κ1) is 14.8. The van der Waals surface area contributed by atoms with E-state index >= 15 is 0 Å². The van der Waals surface area contributed by atoms with E-state index in [1.54, 1.807) is 7.11 Å². The van der Waals surface area contributed by atoms with Gasteiger partial charge in [0.25, 0.3) is 0 Å². The summed E-state index contributed by atoms with van der Waals surface area (Å²) in [4.78, 5) is 12.1. The summed E-state index contributed by atoms with van der Waals surface area (Å²) in [6.07, 6.45) is 5.41. The third-order valence-corrected chi connectivity index (χ3v) is 3.77. The highest BCUT2D eigenvalue weighted by atomic mass is 32.1. The van der Waals surface area contributed by atoms with E-state index < -0.39 is 0 Å². The summed E-state index contributed by atoms with van der Waals surface area (Å²) in [5.41, 5.74) is 0.754. The average Bonchev–Trinajstić information content (AvgIpc) is 2.48. The molecule has 0 aromatic heterocycles. The van der Waals surface area contributed by atoms with Gasteiger partial charge < -0.3 is 15.4 Å². The van der Waals surface area contributed by atoms with E-state index in [4.69, 9.17) is 17.0 Å². The third kappa shape index (κ3) is 3.93. The molecule has 0 aliphatic heterocycles. The molecule has 0 unspecified atom stereocenters. The smallest absolute Gasteiger partial charge is 0.229 e. The van der Waals surface area contributed by atoms with Gasteiger partial charge in [0.2, 0.25) is 5.91 Å². The molecular formula is C15H20N2O2S. The average molecular weight is 292 g/mol. The minimum absolute atomic E-state index is 0.0251. The number of amides is 1. The molecule has 1 aromatic rings. The highest BCUT2D eigenvalue weighted by Crippen LogP contribution is 2.24. The summed E-state index contributed by atoms with van der Waals surface area (Å²) < 4.78 is 5.23. The minimum Gasteiger partial charge on any atom is -0.495 e. The van der Waals surface area contributed by atoms with E-state index in [1.807, 2.05) is 24.3 Å². The first-order valence-corrected chi connectivity index (χ1v) is 7.36. The van der Waals surface area contributed by atoms with Crippen molar-refractivity contribution < 1.29 is 9.53 Å². The zero-order valence-electron chi connectivity index (χ0n) is 11.6. The van der Waals surface area contributed by atoms with Crippen LogP contribution in [0.3, 0.4) is 0 Å². The van der Waals surface area contributed by atoms with Crippen molar-refractivity contribution in [2.45, 2.75) is 32.1 Å². The maximum Gasteiger partial charge on any atom is 0.229 e. The molecule has 1 saturated carbocycles. The van der Waals surface area contributed by atoms with Crippen LogP contribution in [0.1, 0.15) is 32.1 Å². The molecule has 0 heterocycles. The van der Waals surface area contributed by atoms with Crippen molar-refractivity contribution >= 4 is 28.9 Å². The summed E-state index contributed by atoms with van der Waals surface area (Å²) in [6, 6.07) is 7.47. The van der Waals surface area contributed by atoms with E-state index in [-0.39, 0.29) is 11.8 Å². The Bertz CT molecular complexity index is 485. The molecule has 0 bridgehead atoms. The largest absolute Gasteiger partial charge is 0.495 e. The molecule has 4 nitrogen and oxygen atoms in total. The number of para-hydroxylation sites is 2. The van der Waals surface area contributed by atoms with Crippen molar-refractivity contribution in [2.75, 3.05) is 12.4 Å². The van der Waals surface area contributed by atoms with Gasteiger partial charge in [0, 0.05) is 5.92 Å². The molecule has 1 fully saturated rings. The third-order valence-electron chi connectivity index (χ3n) is 3.57. The first-order valence-electron chi connectivity index (χ1n) is 6.95. The van der Waals surface area contributed by atoms with Crippen LogP contribution in [0.4, 0.5) is 5.69 Å². The van der Waals surface area contributed by atoms with Gasteiger partial charge in [-0.3, -0.25) is 4.79 Å². The predicted octanol–water partition coefficient (Wildman–Crippen LogP) is 3.09. The SMILES string of the molecule is COc1ccccc1NC(=S)NC(=O)C1CCCCC1. The Morgan fingerprint density at radius 1 is 1.25 bits per heavy atom. The monoisotopic (exact) mass is 292 g/mol. The van der Waals surface area contributed by atoms with Crippen LogP contribution >= 0.6 is 12.2 Å². The van der Waals surface area contributed by atoms with Gasteiger partial charge >= 0.3 is 0 Å². The zero-order valence-corrected chi connectivity index (χ0v) is 12.5. The lowest BCUT2D eigenvalue weighted by atomic mass is 9.89. The second kappa shape index (κ2) is 7.24. The molecule has 0 saturated heterocycles. The molecule has 2 rings (SSSR count). The van der Waals surface area contributed by atoms with Gasteiger partial charge in [-0.05, 0) is 37.2 Å². The molecule has 0 spiro atoms. The lowest BCUT2D eigenvalue weighted by molar-refractivity contribution is -0.124. The van der Waals surface area contributed by atoms with E-state index in [2.05, 4.69) is 10.6 Å². The number of hydrogen-bond acceptors (Lipinski definition) is 3. The van der Waals surface area contributed by atoms with E-state index in [0.717, 1.165) is 31.4 Å². The molecule has 1 aliphatic carbocycles. The van der Waals surface area contributed by atoms with Crippen molar-refractivity contribution in [3.8, 4) is 5.75 Å². The lowest BCUT2D eigenvalue weighted by Crippen LogP contribution is -2.39. The van der Waals surface area contributed by atoms with E-state index in [1.165, 1.54) is 6.42 Å². The maximum atomic E-state index is 12.1. The second-order valence-electron chi connectivity index (χ2n) is 4.98. The minimum atomic E-state index is 0.0251. The van der Waals surface area contributed by atoms with Gasteiger partial charge in [0.05, 0.1) is 12.8 Å². The Morgan fingerprint density at radius 3 is 2.65 bits per heavy atom. The molecule has 0 atom stereocenters. The van der Waals surface area contributed by atoms with E-state index in [9.17, 15) is 4.79 Å². The summed E-state index contributed by atoms with van der Waals surface area (Å²) in [5.74, 6) is 0.819. The van der Waals surface area contributed by atoms with Crippen molar-refractivity contribution in [1.82, 2.24) is 5.32 Å². The quantitative estimate of drug-likeness (QED) is 0.841. The summed E-state index contributed by atoms with van der Waals surface area (Å²) in [6.45, 7) is 0. The molecule has 2 N–H and O–H groups in total. The Morgan fingerprint density at radius 2 is 1.95 bits per heavy atom. The molecule has 1 aromatic carbocycles. The number of nitrogens with one attached hydrogen (secondary N) is 2. The highest BCUT2D eigenvalue weighted by molar-refractivity contribution is 7.80. The van der Waals surface area contributed by atoms with Crippen molar-refractivity contribution in [3.05, 3.63) is 24.3 Å². The summed E-state index contributed by atoms with van der Waals surface area (Å²) in [7, 11) is 1.60.